The minimum atomic E-state index is -1.13. The average molecular weight is 399 g/mol. The minimum absolute atomic E-state index is 0.00313. The van der Waals surface area contributed by atoms with Crippen molar-refractivity contribution in [2.75, 3.05) is 4.90 Å². The first-order valence-corrected chi connectivity index (χ1v) is 7.88. The van der Waals surface area contributed by atoms with Crippen molar-refractivity contribution in [3.63, 3.8) is 0 Å². The summed E-state index contributed by atoms with van der Waals surface area (Å²) in [5.41, 5.74) is 0.191. The quantitative estimate of drug-likeness (QED) is 0.613. The number of nitrogens with zero attached hydrogens (tertiary/aromatic N) is 1. The fourth-order valence-corrected chi connectivity index (χ4v) is 3.88. The molecule has 110 valence electrons. The Morgan fingerprint density at radius 1 is 1.24 bits per heavy atom. The predicted molar refractivity (Wildman–Crippen MR) is 84.0 cm³/mol. The molecule has 1 aromatic rings. The van der Waals surface area contributed by atoms with E-state index in [1.807, 2.05) is 29.5 Å². The van der Waals surface area contributed by atoms with Crippen molar-refractivity contribution in [1.29, 1.82) is 0 Å². The average Bonchev–Trinajstić information content (AvgIpc) is 2.90. The lowest BCUT2D eigenvalue weighted by Gasteiger charge is -2.19. The van der Waals surface area contributed by atoms with E-state index in [-0.39, 0.29) is 34.9 Å². The van der Waals surface area contributed by atoms with Crippen molar-refractivity contribution < 1.29 is 19.5 Å². The Labute approximate surface area is 135 Å². The van der Waals surface area contributed by atoms with Gasteiger partial charge in [-0.1, -0.05) is 6.92 Å². The van der Waals surface area contributed by atoms with Crippen LogP contribution >= 0.6 is 22.6 Å². The van der Waals surface area contributed by atoms with Crippen molar-refractivity contribution in [2.45, 2.75) is 19.8 Å². The number of imide groups is 1. The molecule has 0 radical (unpaired) electrons. The lowest BCUT2D eigenvalue weighted by atomic mass is 10.00. The van der Waals surface area contributed by atoms with Gasteiger partial charge in [-0.15, -0.1) is 0 Å². The van der Waals surface area contributed by atoms with Crippen LogP contribution in [0.3, 0.4) is 0 Å². The lowest BCUT2D eigenvalue weighted by Crippen LogP contribution is -2.33. The van der Waals surface area contributed by atoms with E-state index in [0.717, 1.165) is 8.47 Å². The number of hydrogen-bond acceptors (Lipinski definition) is 3. The molecular formula is C15H14INO4. The zero-order valence-electron chi connectivity index (χ0n) is 11.4. The van der Waals surface area contributed by atoms with Gasteiger partial charge in [0.05, 0.1) is 23.1 Å². The zero-order valence-corrected chi connectivity index (χ0v) is 13.5. The van der Waals surface area contributed by atoms with Gasteiger partial charge in [-0.2, -0.15) is 0 Å². The highest BCUT2D eigenvalue weighted by molar-refractivity contribution is 14.1. The standard InChI is InChI=1S/C15H14INO4/c1-7-4-9-10(5-7)14(19)17(13(9)18)12-3-2-8(16)6-11(12)15(20)21/h2-3,6-7,9-10H,4-5H2,1H3,(H,20,21). The van der Waals surface area contributed by atoms with E-state index in [2.05, 4.69) is 0 Å². The highest BCUT2D eigenvalue weighted by Crippen LogP contribution is 2.44. The van der Waals surface area contributed by atoms with E-state index < -0.39 is 5.97 Å². The van der Waals surface area contributed by atoms with Crippen LogP contribution in [0.15, 0.2) is 18.2 Å². The maximum absolute atomic E-state index is 12.5. The summed E-state index contributed by atoms with van der Waals surface area (Å²) in [5.74, 6) is -1.83. The van der Waals surface area contributed by atoms with Gasteiger partial charge in [0.15, 0.2) is 0 Å². The molecule has 1 N–H and O–H groups in total. The van der Waals surface area contributed by atoms with E-state index in [1.165, 1.54) is 6.07 Å². The van der Waals surface area contributed by atoms with Crippen LogP contribution in [-0.2, 0) is 9.59 Å². The number of aromatic carboxylic acids is 1. The van der Waals surface area contributed by atoms with E-state index >= 15 is 0 Å². The number of halogens is 1. The summed E-state index contributed by atoms with van der Waals surface area (Å²) >= 11 is 2.01. The monoisotopic (exact) mass is 399 g/mol. The number of carboxylic acid groups (broad SMARTS) is 1. The second-order valence-corrected chi connectivity index (χ2v) is 7.01. The summed E-state index contributed by atoms with van der Waals surface area (Å²) in [6.45, 7) is 2.04. The smallest absolute Gasteiger partial charge is 0.337 e. The molecule has 1 heterocycles. The van der Waals surface area contributed by atoms with E-state index in [4.69, 9.17) is 0 Å². The number of rotatable bonds is 2. The highest BCUT2D eigenvalue weighted by atomic mass is 127. The van der Waals surface area contributed by atoms with E-state index in [1.54, 1.807) is 12.1 Å². The van der Waals surface area contributed by atoms with Crippen LogP contribution in [0.4, 0.5) is 5.69 Å². The molecule has 2 aliphatic rings. The zero-order chi connectivity index (χ0) is 15.3. The molecule has 2 amide bonds. The molecule has 2 atom stereocenters. The first kappa shape index (κ1) is 14.5. The van der Waals surface area contributed by atoms with Gasteiger partial charge in [0.25, 0.3) is 0 Å². The molecule has 2 fully saturated rings. The lowest BCUT2D eigenvalue weighted by molar-refractivity contribution is -0.123. The van der Waals surface area contributed by atoms with Gasteiger partial charge >= 0.3 is 5.97 Å². The van der Waals surface area contributed by atoms with Crippen LogP contribution in [0.5, 0.6) is 0 Å². The Hall–Kier alpha value is -1.44. The van der Waals surface area contributed by atoms with Crippen molar-refractivity contribution in [2.24, 2.45) is 17.8 Å². The third-order valence-electron chi connectivity index (χ3n) is 4.30. The van der Waals surface area contributed by atoms with Crippen molar-refractivity contribution in [1.82, 2.24) is 0 Å². The third kappa shape index (κ3) is 2.25. The molecule has 2 unspecified atom stereocenters. The molecule has 3 rings (SSSR count). The van der Waals surface area contributed by atoms with Gasteiger partial charge in [0.1, 0.15) is 0 Å². The van der Waals surface area contributed by atoms with Gasteiger partial charge in [-0.25, -0.2) is 9.69 Å². The van der Waals surface area contributed by atoms with E-state index in [0.29, 0.717) is 18.8 Å². The number of anilines is 1. The number of hydrogen-bond donors (Lipinski definition) is 1. The Balaban J connectivity index is 2.04. The van der Waals surface area contributed by atoms with Crippen LogP contribution in [0.2, 0.25) is 0 Å². The van der Waals surface area contributed by atoms with Gasteiger partial charge in [0, 0.05) is 3.57 Å². The summed E-state index contributed by atoms with van der Waals surface area (Å²) in [4.78, 5) is 37.5. The van der Waals surface area contributed by atoms with Crippen molar-refractivity contribution >= 4 is 46.1 Å². The largest absolute Gasteiger partial charge is 0.478 e. The fourth-order valence-electron chi connectivity index (χ4n) is 3.39. The summed E-state index contributed by atoms with van der Waals surface area (Å²) in [5, 5.41) is 9.32. The van der Waals surface area contributed by atoms with Crippen LogP contribution in [0, 0.1) is 21.3 Å². The van der Waals surface area contributed by atoms with Crippen molar-refractivity contribution in [3.05, 3.63) is 27.3 Å². The number of amides is 2. The van der Waals surface area contributed by atoms with Gasteiger partial charge in [-0.3, -0.25) is 9.59 Å². The predicted octanol–water partition coefficient (Wildman–Crippen LogP) is 2.52. The molecule has 1 saturated heterocycles. The molecule has 1 aliphatic carbocycles. The number of carbonyl (C=O) groups excluding carboxylic acids is 2. The Morgan fingerprint density at radius 2 is 1.81 bits per heavy atom. The maximum Gasteiger partial charge on any atom is 0.337 e. The molecule has 0 spiro atoms. The second kappa shape index (κ2) is 5.08. The summed E-state index contributed by atoms with van der Waals surface area (Å²) in [6.07, 6.45) is 1.41. The first-order valence-electron chi connectivity index (χ1n) is 6.80. The fraction of sp³-hybridized carbons (Fsp3) is 0.400. The number of carboxylic acids is 1. The van der Waals surface area contributed by atoms with Crippen LogP contribution < -0.4 is 4.90 Å². The van der Waals surface area contributed by atoms with Gasteiger partial charge in [-0.05, 0) is 59.5 Å². The summed E-state index contributed by atoms with van der Waals surface area (Å²) < 4.78 is 0.752. The van der Waals surface area contributed by atoms with Crippen LogP contribution in [0.1, 0.15) is 30.1 Å². The highest BCUT2D eigenvalue weighted by Gasteiger charge is 2.52. The van der Waals surface area contributed by atoms with Gasteiger partial charge < -0.3 is 5.11 Å². The van der Waals surface area contributed by atoms with Crippen LogP contribution in [-0.4, -0.2) is 22.9 Å². The topological polar surface area (TPSA) is 74.7 Å². The molecule has 0 bridgehead atoms. The molecular weight excluding hydrogens is 385 g/mol. The normalized spacial score (nSPS) is 28.1. The maximum atomic E-state index is 12.5. The Bertz CT molecular complexity index is 633. The number of benzene rings is 1. The molecule has 1 aromatic carbocycles. The summed E-state index contributed by atoms with van der Waals surface area (Å²) in [6, 6.07) is 4.74. The number of fused-ring (bicyclic) bond motifs is 1. The molecule has 1 saturated carbocycles. The molecule has 21 heavy (non-hydrogen) atoms. The van der Waals surface area contributed by atoms with Crippen LogP contribution in [0.25, 0.3) is 0 Å². The van der Waals surface area contributed by atoms with Crippen molar-refractivity contribution in [3.8, 4) is 0 Å². The molecule has 1 aliphatic heterocycles. The Morgan fingerprint density at radius 3 is 2.33 bits per heavy atom. The first-order chi connectivity index (χ1) is 9.90. The van der Waals surface area contributed by atoms with Gasteiger partial charge in [0.2, 0.25) is 11.8 Å². The Kier molecular flexibility index (Phi) is 3.51. The molecule has 6 heteroatoms. The molecule has 5 nitrogen and oxygen atoms in total. The third-order valence-corrected chi connectivity index (χ3v) is 4.97. The molecule has 0 aromatic heterocycles. The van der Waals surface area contributed by atoms with E-state index in [9.17, 15) is 19.5 Å². The SMILES string of the molecule is CC1CC2C(=O)N(c3ccc(I)cc3C(=O)O)C(=O)C2C1. The summed E-state index contributed by atoms with van der Waals surface area (Å²) in [7, 11) is 0. The number of carbonyl (C=O) groups is 3. The second-order valence-electron chi connectivity index (χ2n) is 5.77. The minimum Gasteiger partial charge on any atom is -0.478 e.